The molecule has 1 unspecified atom stereocenters. The molecule has 0 amide bonds. The molecule has 2 nitrogen and oxygen atoms in total. The van der Waals surface area contributed by atoms with Crippen molar-refractivity contribution in [2.75, 3.05) is 19.8 Å². The van der Waals surface area contributed by atoms with Gasteiger partial charge in [0, 0.05) is 11.1 Å². The van der Waals surface area contributed by atoms with Gasteiger partial charge in [0.25, 0.3) is 0 Å². The molecule has 1 aromatic rings. The number of alkyl halides is 3. The highest BCUT2D eigenvalue weighted by Crippen LogP contribution is 2.17. The zero-order valence-corrected chi connectivity index (χ0v) is 12.0. The molecule has 0 saturated heterocycles. The van der Waals surface area contributed by atoms with E-state index in [0.29, 0.717) is 13.0 Å². The largest absolute Gasteiger partial charge is 0.411 e. The summed E-state index contributed by atoms with van der Waals surface area (Å²) in [5, 5.41) is 0. The Morgan fingerprint density at radius 3 is 2.37 bits per heavy atom. The van der Waals surface area contributed by atoms with Crippen molar-refractivity contribution in [3.63, 3.8) is 0 Å². The molecule has 2 N–H and O–H groups in total. The summed E-state index contributed by atoms with van der Waals surface area (Å²) in [4.78, 5) is 0. The topological polar surface area (TPSA) is 35.2 Å². The summed E-state index contributed by atoms with van der Waals surface area (Å²) in [6.45, 7) is -0.675. The summed E-state index contributed by atoms with van der Waals surface area (Å²) in [7, 11) is 0. The van der Waals surface area contributed by atoms with Crippen molar-refractivity contribution in [1.82, 2.24) is 0 Å². The first-order chi connectivity index (χ1) is 8.90. The second-order valence-electron chi connectivity index (χ2n) is 4.39. The number of nitrogens with two attached hydrogens (primary N) is 1. The van der Waals surface area contributed by atoms with Gasteiger partial charge in [-0.2, -0.15) is 13.2 Å². The smallest absolute Gasteiger partial charge is 0.372 e. The maximum absolute atomic E-state index is 11.9. The zero-order valence-electron chi connectivity index (χ0n) is 10.4. The Labute approximate surface area is 119 Å². The average molecular weight is 340 g/mol. The first kappa shape index (κ1) is 16.5. The summed E-state index contributed by atoms with van der Waals surface area (Å²) in [6.07, 6.45) is -2.98. The number of halogens is 4. The second kappa shape index (κ2) is 7.87. The van der Waals surface area contributed by atoms with Crippen LogP contribution in [0, 0.1) is 5.92 Å². The molecule has 0 radical (unpaired) electrons. The van der Waals surface area contributed by atoms with Gasteiger partial charge in [-0.25, -0.2) is 0 Å². The number of hydrogen-bond donors (Lipinski definition) is 1. The van der Waals surface area contributed by atoms with E-state index in [0.717, 1.165) is 16.5 Å². The van der Waals surface area contributed by atoms with Crippen LogP contribution in [-0.4, -0.2) is 25.9 Å². The Bertz CT molecular complexity index is 367. The minimum atomic E-state index is -4.26. The third-order valence-electron chi connectivity index (χ3n) is 2.71. The minimum absolute atomic E-state index is 0.0813. The van der Waals surface area contributed by atoms with Gasteiger partial charge >= 0.3 is 6.18 Å². The van der Waals surface area contributed by atoms with Crippen LogP contribution in [0.25, 0.3) is 0 Å². The Kier molecular flexibility index (Phi) is 6.82. The fourth-order valence-corrected chi connectivity index (χ4v) is 1.96. The van der Waals surface area contributed by atoms with Gasteiger partial charge in [-0.3, -0.25) is 0 Å². The predicted molar refractivity (Wildman–Crippen MR) is 71.9 cm³/mol. The number of ether oxygens (including phenoxy) is 1. The average Bonchev–Trinajstić information content (AvgIpc) is 2.34. The summed E-state index contributed by atoms with van der Waals surface area (Å²) in [5.74, 6) is 0.134. The van der Waals surface area contributed by atoms with Gasteiger partial charge < -0.3 is 10.5 Å². The molecule has 1 aromatic carbocycles. The van der Waals surface area contributed by atoms with Crippen LogP contribution in [0.4, 0.5) is 13.2 Å². The van der Waals surface area contributed by atoms with Crippen LogP contribution in [0.2, 0.25) is 0 Å². The van der Waals surface area contributed by atoms with Crippen LogP contribution in [0.5, 0.6) is 0 Å². The van der Waals surface area contributed by atoms with Crippen LogP contribution >= 0.6 is 15.9 Å². The van der Waals surface area contributed by atoms with Gasteiger partial charge in [-0.1, -0.05) is 28.1 Å². The van der Waals surface area contributed by atoms with Crippen LogP contribution < -0.4 is 5.73 Å². The van der Waals surface area contributed by atoms with Crippen LogP contribution in [0.3, 0.4) is 0 Å². The molecule has 0 aliphatic rings. The van der Waals surface area contributed by atoms with E-state index in [9.17, 15) is 13.2 Å². The van der Waals surface area contributed by atoms with Crippen molar-refractivity contribution in [2.24, 2.45) is 11.7 Å². The third kappa shape index (κ3) is 7.54. The molecule has 0 aliphatic carbocycles. The normalized spacial score (nSPS) is 13.5. The van der Waals surface area contributed by atoms with Crippen LogP contribution in [-0.2, 0) is 11.2 Å². The first-order valence-corrected chi connectivity index (χ1v) is 6.79. The Morgan fingerprint density at radius 1 is 1.21 bits per heavy atom. The van der Waals surface area contributed by atoms with E-state index in [-0.39, 0.29) is 12.5 Å². The van der Waals surface area contributed by atoms with E-state index in [4.69, 9.17) is 5.73 Å². The molecule has 0 aromatic heterocycles. The predicted octanol–water partition coefficient (Wildman–Crippen LogP) is 3.54. The van der Waals surface area contributed by atoms with E-state index in [1.807, 2.05) is 24.3 Å². The zero-order chi connectivity index (χ0) is 14.3. The van der Waals surface area contributed by atoms with Gasteiger partial charge in [0.1, 0.15) is 6.61 Å². The fourth-order valence-electron chi connectivity index (χ4n) is 1.69. The summed E-state index contributed by atoms with van der Waals surface area (Å²) >= 11 is 3.35. The minimum Gasteiger partial charge on any atom is -0.372 e. The maximum atomic E-state index is 11.9. The lowest BCUT2D eigenvalue weighted by atomic mass is 9.97. The lowest BCUT2D eigenvalue weighted by Gasteiger charge is -2.15. The molecule has 0 bridgehead atoms. The van der Waals surface area contributed by atoms with E-state index in [2.05, 4.69) is 20.7 Å². The summed E-state index contributed by atoms with van der Waals surface area (Å²) < 4.78 is 41.3. The molecule has 108 valence electrons. The second-order valence-corrected chi connectivity index (χ2v) is 5.30. The van der Waals surface area contributed by atoms with Crippen molar-refractivity contribution in [3.05, 3.63) is 34.3 Å². The highest BCUT2D eigenvalue weighted by atomic mass is 79.9. The molecular weight excluding hydrogens is 323 g/mol. The highest BCUT2D eigenvalue weighted by Gasteiger charge is 2.27. The molecule has 0 fully saturated rings. The van der Waals surface area contributed by atoms with E-state index < -0.39 is 12.8 Å². The summed E-state index contributed by atoms with van der Waals surface area (Å²) in [5.41, 5.74) is 6.75. The maximum Gasteiger partial charge on any atom is 0.411 e. The Balaban J connectivity index is 2.31. The molecule has 0 aliphatic heterocycles. The van der Waals surface area contributed by atoms with Crippen molar-refractivity contribution in [3.8, 4) is 0 Å². The van der Waals surface area contributed by atoms with Crippen molar-refractivity contribution in [1.29, 1.82) is 0 Å². The SMILES string of the molecule is NCC(CCOCC(F)(F)F)Cc1ccc(Br)cc1. The van der Waals surface area contributed by atoms with E-state index >= 15 is 0 Å². The Hall–Kier alpha value is -0.590. The lowest BCUT2D eigenvalue weighted by molar-refractivity contribution is -0.174. The van der Waals surface area contributed by atoms with Gasteiger partial charge in [-0.15, -0.1) is 0 Å². The fraction of sp³-hybridized carbons (Fsp3) is 0.538. The van der Waals surface area contributed by atoms with Crippen molar-refractivity contribution < 1.29 is 17.9 Å². The van der Waals surface area contributed by atoms with Crippen molar-refractivity contribution >= 4 is 15.9 Å². The molecule has 19 heavy (non-hydrogen) atoms. The van der Waals surface area contributed by atoms with Gasteiger partial charge in [0.2, 0.25) is 0 Å². The van der Waals surface area contributed by atoms with E-state index in [1.54, 1.807) is 0 Å². The molecule has 0 saturated carbocycles. The first-order valence-electron chi connectivity index (χ1n) is 5.99. The standard InChI is InChI=1S/C13H17BrF3NO/c14-12-3-1-10(2-4-12)7-11(8-18)5-6-19-9-13(15,16)17/h1-4,11H,5-9,18H2. The molecule has 1 atom stereocenters. The Morgan fingerprint density at radius 2 is 1.84 bits per heavy atom. The molecule has 0 heterocycles. The number of hydrogen-bond acceptors (Lipinski definition) is 2. The molecule has 6 heteroatoms. The quantitative estimate of drug-likeness (QED) is 0.771. The summed E-state index contributed by atoms with van der Waals surface area (Å²) in [6, 6.07) is 7.82. The van der Waals surface area contributed by atoms with Gasteiger partial charge in [-0.05, 0) is 43.0 Å². The lowest BCUT2D eigenvalue weighted by Crippen LogP contribution is -2.22. The molecular formula is C13H17BrF3NO. The molecule has 1 rings (SSSR count). The third-order valence-corrected chi connectivity index (χ3v) is 3.24. The van der Waals surface area contributed by atoms with Crippen LogP contribution in [0.15, 0.2) is 28.7 Å². The van der Waals surface area contributed by atoms with Crippen LogP contribution in [0.1, 0.15) is 12.0 Å². The molecule has 0 spiro atoms. The number of rotatable bonds is 7. The highest BCUT2D eigenvalue weighted by molar-refractivity contribution is 9.10. The van der Waals surface area contributed by atoms with Crippen molar-refractivity contribution in [2.45, 2.75) is 19.0 Å². The van der Waals surface area contributed by atoms with Gasteiger partial charge in [0.05, 0.1) is 0 Å². The number of benzene rings is 1. The monoisotopic (exact) mass is 339 g/mol. The van der Waals surface area contributed by atoms with Gasteiger partial charge in [0.15, 0.2) is 0 Å². The van der Waals surface area contributed by atoms with E-state index in [1.165, 1.54) is 0 Å².